The largest absolute Gasteiger partial charge is 0.341 e. The first-order valence-electron chi connectivity index (χ1n) is 7.22. The number of thioether (sulfide) groups is 1. The summed E-state index contributed by atoms with van der Waals surface area (Å²) in [5.41, 5.74) is 0. The third-order valence-corrected chi connectivity index (χ3v) is 5.48. The van der Waals surface area contributed by atoms with Gasteiger partial charge in [-0.1, -0.05) is 6.92 Å². The van der Waals surface area contributed by atoms with Gasteiger partial charge in [-0.3, -0.25) is 0 Å². The molecule has 19 heavy (non-hydrogen) atoms. The van der Waals surface area contributed by atoms with E-state index < -0.39 is 0 Å². The van der Waals surface area contributed by atoms with Crippen molar-refractivity contribution < 1.29 is 0 Å². The Hall–Kier alpha value is -0.810. The van der Waals surface area contributed by atoms with Gasteiger partial charge < -0.3 is 10.2 Å². The minimum absolute atomic E-state index is 0.672. The SMILES string of the molecule is CC1SCCC1NC1CCN(c2ncccn2)CC1. The van der Waals surface area contributed by atoms with Crippen LogP contribution in [0.5, 0.6) is 0 Å². The van der Waals surface area contributed by atoms with Crippen LogP contribution in [0, 0.1) is 0 Å². The van der Waals surface area contributed by atoms with E-state index in [9.17, 15) is 0 Å². The molecular formula is C14H22N4S. The topological polar surface area (TPSA) is 41.0 Å². The molecule has 5 heteroatoms. The van der Waals surface area contributed by atoms with E-state index in [4.69, 9.17) is 0 Å². The summed E-state index contributed by atoms with van der Waals surface area (Å²) in [6, 6.07) is 3.26. The summed E-state index contributed by atoms with van der Waals surface area (Å²) in [6.07, 6.45) is 7.38. The zero-order valence-electron chi connectivity index (χ0n) is 11.5. The predicted molar refractivity (Wildman–Crippen MR) is 80.7 cm³/mol. The number of nitrogens with zero attached hydrogens (tertiary/aromatic N) is 3. The molecule has 0 radical (unpaired) electrons. The van der Waals surface area contributed by atoms with Crippen molar-refractivity contribution in [3.63, 3.8) is 0 Å². The number of rotatable bonds is 3. The highest BCUT2D eigenvalue weighted by molar-refractivity contribution is 8.00. The van der Waals surface area contributed by atoms with Crippen LogP contribution in [0.25, 0.3) is 0 Å². The van der Waals surface area contributed by atoms with Crippen LogP contribution in [0.3, 0.4) is 0 Å². The van der Waals surface area contributed by atoms with Crippen LogP contribution < -0.4 is 10.2 Å². The third kappa shape index (κ3) is 3.20. The molecular weight excluding hydrogens is 256 g/mol. The molecule has 0 spiro atoms. The summed E-state index contributed by atoms with van der Waals surface area (Å²) >= 11 is 2.10. The fourth-order valence-corrected chi connectivity index (χ4v) is 4.16. The van der Waals surface area contributed by atoms with Crippen molar-refractivity contribution in [2.75, 3.05) is 23.7 Å². The molecule has 0 bridgehead atoms. The average Bonchev–Trinajstić information content (AvgIpc) is 2.86. The van der Waals surface area contributed by atoms with Gasteiger partial charge in [-0.2, -0.15) is 11.8 Å². The lowest BCUT2D eigenvalue weighted by atomic mass is 10.0. The quantitative estimate of drug-likeness (QED) is 0.915. The lowest BCUT2D eigenvalue weighted by molar-refractivity contribution is 0.363. The number of hydrogen-bond donors (Lipinski definition) is 1. The van der Waals surface area contributed by atoms with Crippen molar-refractivity contribution in [2.45, 2.75) is 43.5 Å². The van der Waals surface area contributed by atoms with E-state index in [1.165, 1.54) is 25.0 Å². The molecule has 4 nitrogen and oxygen atoms in total. The van der Waals surface area contributed by atoms with Gasteiger partial charge >= 0.3 is 0 Å². The van der Waals surface area contributed by atoms with Crippen molar-refractivity contribution >= 4 is 17.7 Å². The first-order valence-corrected chi connectivity index (χ1v) is 8.27. The molecule has 3 rings (SSSR count). The Balaban J connectivity index is 1.49. The van der Waals surface area contributed by atoms with E-state index in [1.54, 1.807) is 0 Å². The Bertz CT molecular complexity index is 392. The zero-order valence-corrected chi connectivity index (χ0v) is 12.3. The fourth-order valence-electron chi connectivity index (χ4n) is 2.95. The first-order chi connectivity index (χ1) is 9.33. The molecule has 104 valence electrons. The van der Waals surface area contributed by atoms with Gasteiger partial charge in [0.05, 0.1) is 0 Å². The molecule has 2 fully saturated rings. The second kappa shape index (κ2) is 6.09. The van der Waals surface area contributed by atoms with Gasteiger partial charge in [0.25, 0.3) is 0 Å². The van der Waals surface area contributed by atoms with Gasteiger partial charge in [0.2, 0.25) is 5.95 Å². The highest BCUT2D eigenvalue weighted by Gasteiger charge is 2.28. The van der Waals surface area contributed by atoms with Crippen molar-refractivity contribution in [2.24, 2.45) is 0 Å². The maximum Gasteiger partial charge on any atom is 0.225 e. The molecule has 3 heterocycles. The highest BCUT2D eigenvalue weighted by atomic mass is 32.2. The maximum absolute atomic E-state index is 4.33. The minimum atomic E-state index is 0.672. The summed E-state index contributed by atoms with van der Waals surface area (Å²) in [7, 11) is 0. The van der Waals surface area contributed by atoms with Gasteiger partial charge in [-0.25, -0.2) is 9.97 Å². The maximum atomic E-state index is 4.33. The van der Waals surface area contributed by atoms with Crippen LogP contribution >= 0.6 is 11.8 Å². The molecule has 1 N–H and O–H groups in total. The zero-order chi connectivity index (χ0) is 13.1. The normalized spacial score (nSPS) is 28.8. The van der Waals surface area contributed by atoms with Crippen molar-refractivity contribution in [1.29, 1.82) is 0 Å². The second-order valence-electron chi connectivity index (χ2n) is 5.45. The van der Waals surface area contributed by atoms with Gasteiger partial charge in [-0.15, -0.1) is 0 Å². The first kappa shape index (κ1) is 13.2. The van der Waals surface area contributed by atoms with Crippen molar-refractivity contribution in [1.82, 2.24) is 15.3 Å². The second-order valence-corrected chi connectivity index (χ2v) is 6.93. The number of piperidine rings is 1. The van der Waals surface area contributed by atoms with Crippen LogP contribution in [0.2, 0.25) is 0 Å². The molecule has 2 atom stereocenters. The Morgan fingerprint density at radius 3 is 2.58 bits per heavy atom. The Morgan fingerprint density at radius 1 is 1.21 bits per heavy atom. The molecule has 2 aliphatic heterocycles. The molecule has 0 aliphatic carbocycles. The Morgan fingerprint density at radius 2 is 1.95 bits per heavy atom. The molecule has 2 saturated heterocycles. The van der Waals surface area contributed by atoms with Crippen LogP contribution in [-0.2, 0) is 0 Å². The molecule has 1 aromatic heterocycles. The number of aromatic nitrogens is 2. The van der Waals surface area contributed by atoms with Gasteiger partial charge in [0, 0.05) is 42.8 Å². The molecule has 0 amide bonds. The fraction of sp³-hybridized carbons (Fsp3) is 0.714. The number of hydrogen-bond acceptors (Lipinski definition) is 5. The van der Waals surface area contributed by atoms with E-state index in [-0.39, 0.29) is 0 Å². The summed E-state index contributed by atoms with van der Waals surface area (Å²) in [4.78, 5) is 11.0. The van der Waals surface area contributed by atoms with Crippen LogP contribution in [0.15, 0.2) is 18.5 Å². The van der Waals surface area contributed by atoms with Crippen LogP contribution in [0.4, 0.5) is 5.95 Å². The average molecular weight is 278 g/mol. The van der Waals surface area contributed by atoms with Crippen molar-refractivity contribution in [3.05, 3.63) is 18.5 Å². The number of nitrogens with one attached hydrogen (secondary N) is 1. The third-order valence-electron chi connectivity index (χ3n) is 4.16. The Labute approximate surface area is 119 Å². The standard InChI is InChI=1S/C14H22N4S/c1-11-13(5-10-19-11)17-12-3-8-18(9-4-12)14-15-6-2-7-16-14/h2,6-7,11-13,17H,3-5,8-10H2,1H3. The summed E-state index contributed by atoms with van der Waals surface area (Å²) in [5, 5.41) is 4.62. The molecule has 0 aromatic carbocycles. The van der Waals surface area contributed by atoms with E-state index >= 15 is 0 Å². The Kier molecular flexibility index (Phi) is 4.23. The smallest absolute Gasteiger partial charge is 0.225 e. The summed E-state index contributed by atoms with van der Waals surface area (Å²) < 4.78 is 0. The summed E-state index contributed by atoms with van der Waals surface area (Å²) in [6.45, 7) is 4.48. The van der Waals surface area contributed by atoms with Crippen LogP contribution in [-0.4, -0.2) is 46.1 Å². The van der Waals surface area contributed by atoms with E-state index in [2.05, 4.69) is 38.9 Å². The van der Waals surface area contributed by atoms with E-state index in [0.29, 0.717) is 6.04 Å². The molecule has 2 unspecified atom stereocenters. The minimum Gasteiger partial charge on any atom is -0.341 e. The van der Waals surface area contributed by atoms with Gasteiger partial charge in [0.1, 0.15) is 0 Å². The van der Waals surface area contributed by atoms with Crippen molar-refractivity contribution in [3.8, 4) is 0 Å². The highest BCUT2D eigenvalue weighted by Crippen LogP contribution is 2.27. The monoisotopic (exact) mass is 278 g/mol. The van der Waals surface area contributed by atoms with Gasteiger partial charge in [0.15, 0.2) is 0 Å². The molecule has 1 aromatic rings. The number of anilines is 1. The van der Waals surface area contributed by atoms with Gasteiger partial charge in [-0.05, 0) is 31.1 Å². The van der Waals surface area contributed by atoms with Crippen LogP contribution in [0.1, 0.15) is 26.2 Å². The van der Waals surface area contributed by atoms with E-state index in [0.717, 1.165) is 30.3 Å². The van der Waals surface area contributed by atoms with E-state index in [1.807, 2.05) is 18.5 Å². The lowest BCUT2D eigenvalue weighted by Gasteiger charge is -2.34. The summed E-state index contributed by atoms with van der Waals surface area (Å²) in [5.74, 6) is 2.20. The predicted octanol–water partition coefficient (Wildman–Crippen LogP) is 1.93. The molecule has 2 aliphatic rings. The molecule has 0 saturated carbocycles. The lowest BCUT2D eigenvalue weighted by Crippen LogP contribution is -2.48.